The van der Waals surface area contributed by atoms with Crippen LogP contribution in [0, 0.1) is 0 Å². The Morgan fingerprint density at radius 3 is 2.44 bits per heavy atom. The first-order valence-electron chi connectivity index (χ1n) is 6.08. The van der Waals surface area contributed by atoms with Crippen molar-refractivity contribution in [3.05, 3.63) is 0 Å². The van der Waals surface area contributed by atoms with Gasteiger partial charge in [-0.2, -0.15) is 0 Å². The molecule has 0 aromatic rings. The number of rotatable bonds is 9. The van der Waals surface area contributed by atoms with Crippen LogP contribution < -0.4 is 10.6 Å². The molecule has 0 radical (unpaired) electrons. The molecule has 4 nitrogen and oxygen atoms in total. The number of ether oxygens (including phenoxy) is 1. The molecular weight excluding hydrogens is 204 g/mol. The van der Waals surface area contributed by atoms with Crippen molar-refractivity contribution in [2.24, 2.45) is 0 Å². The molecule has 4 heteroatoms. The topological polar surface area (TPSA) is 50.4 Å². The molecule has 0 atom stereocenters. The van der Waals surface area contributed by atoms with Crippen molar-refractivity contribution in [3.63, 3.8) is 0 Å². The number of nitrogens with one attached hydrogen (secondary N) is 2. The molecule has 0 spiro atoms. The van der Waals surface area contributed by atoms with Gasteiger partial charge in [-0.05, 0) is 26.2 Å². The second-order valence-corrected chi connectivity index (χ2v) is 4.32. The summed E-state index contributed by atoms with van der Waals surface area (Å²) in [6.07, 6.45) is 2.92. The fraction of sp³-hybridized carbons (Fsp3) is 0.917. The normalized spacial score (nSPS) is 11.5. The maximum Gasteiger partial charge on any atom is 0.233 e. The van der Waals surface area contributed by atoms with Gasteiger partial charge in [-0.25, -0.2) is 0 Å². The Morgan fingerprint density at radius 1 is 1.31 bits per heavy atom. The van der Waals surface area contributed by atoms with Crippen molar-refractivity contribution < 1.29 is 9.53 Å². The summed E-state index contributed by atoms with van der Waals surface area (Å²) in [5.74, 6) is 0.0595. The van der Waals surface area contributed by atoms with Crippen LogP contribution in [0.3, 0.4) is 0 Å². The van der Waals surface area contributed by atoms with Gasteiger partial charge in [-0.15, -0.1) is 0 Å². The molecule has 0 unspecified atom stereocenters. The second kappa shape index (κ2) is 8.53. The summed E-state index contributed by atoms with van der Waals surface area (Å²) in [4.78, 5) is 11.5. The highest BCUT2D eigenvalue weighted by molar-refractivity contribution is 5.78. The molecule has 0 heterocycles. The number of hydrogen-bond donors (Lipinski definition) is 2. The summed E-state index contributed by atoms with van der Waals surface area (Å²) in [5, 5.41) is 6.15. The Kier molecular flexibility index (Phi) is 8.21. The SMILES string of the molecule is CCC(C)(CC)NCC(=O)NCCCOC. The van der Waals surface area contributed by atoms with E-state index in [1.165, 1.54) is 0 Å². The first kappa shape index (κ1) is 15.4. The molecule has 0 aliphatic carbocycles. The Labute approximate surface area is 99.1 Å². The number of hydrogen-bond acceptors (Lipinski definition) is 3. The third-order valence-electron chi connectivity index (χ3n) is 3.08. The molecule has 0 bridgehead atoms. The van der Waals surface area contributed by atoms with Gasteiger partial charge in [0.15, 0.2) is 0 Å². The Balaban J connectivity index is 3.64. The van der Waals surface area contributed by atoms with Gasteiger partial charge in [-0.3, -0.25) is 4.79 Å². The smallest absolute Gasteiger partial charge is 0.233 e. The van der Waals surface area contributed by atoms with Gasteiger partial charge < -0.3 is 15.4 Å². The minimum absolute atomic E-state index is 0.0595. The van der Waals surface area contributed by atoms with E-state index >= 15 is 0 Å². The van der Waals surface area contributed by atoms with Crippen LogP contribution in [0.25, 0.3) is 0 Å². The van der Waals surface area contributed by atoms with E-state index in [2.05, 4.69) is 31.4 Å². The zero-order valence-electron chi connectivity index (χ0n) is 11.1. The summed E-state index contributed by atoms with van der Waals surface area (Å²) in [7, 11) is 1.66. The van der Waals surface area contributed by atoms with Gasteiger partial charge >= 0.3 is 0 Å². The molecule has 1 amide bonds. The molecule has 0 aromatic carbocycles. The Morgan fingerprint density at radius 2 is 1.94 bits per heavy atom. The molecular formula is C12H26N2O2. The number of carbonyl (C=O) groups is 1. The lowest BCUT2D eigenvalue weighted by molar-refractivity contribution is -0.120. The van der Waals surface area contributed by atoms with Crippen molar-refractivity contribution in [1.29, 1.82) is 0 Å². The van der Waals surface area contributed by atoms with E-state index in [1.54, 1.807) is 7.11 Å². The van der Waals surface area contributed by atoms with Crippen molar-refractivity contribution in [2.75, 3.05) is 26.8 Å². The highest BCUT2D eigenvalue weighted by atomic mass is 16.5. The summed E-state index contributed by atoms with van der Waals surface area (Å²) in [5.41, 5.74) is 0.0733. The van der Waals surface area contributed by atoms with Gasteiger partial charge in [0.1, 0.15) is 0 Å². The molecule has 0 saturated carbocycles. The molecule has 0 aliphatic rings. The van der Waals surface area contributed by atoms with Crippen molar-refractivity contribution >= 4 is 5.91 Å². The predicted molar refractivity (Wildman–Crippen MR) is 66.5 cm³/mol. The van der Waals surface area contributed by atoms with Crippen LogP contribution in [0.4, 0.5) is 0 Å². The lowest BCUT2D eigenvalue weighted by Crippen LogP contribution is -2.46. The number of methoxy groups -OCH3 is 1. The largest absolute Gasteiger partial charge is 0.385 e. The summed E-state index contributed by atoms with van der Waals surface area (Å²) in [6, 6.07) is 0. The molecule has 16 heavy (non-hydrogen) atoms. The van der Waals surface area contributed by atoms with Gasteiger partial charge in [0.2, 0.25) is 5.91 Å². The van der Waals surface area contributed by atoms with Crippen LogP contribution >= 0.6 is 0 Å². The maximum atomic E-state index is 11.5. The van der Waals surface area contributed by atoms with E-state index in [4.69, 9.17) is 4.74 Å². The lowest BCUT2D eigenvalue weighted by atomic mass is 9.96. The van der Waals surface area contributed by atoms with E-state index in [0.717, 1.165) is 19.3 Å². The third kappa shape index (κ3) is 6.80. The van der Waals surface area contributed by atoms with Crippen LogP contribution in [-0.2, 0) is 9.53 Å². The van der Waals surface area contributed by atoms with E-state index in [9.17, 15) is 4.79 Å². The monoisotopic (exact) mass is 230 g/mol. The Bertz CT molecular complexity index is 191. The predicted octanol–water partition coefficient (Wildman–Crippen LogP) is 1.31. The minimum Gasteiger partial charge on any atom is -0.385 e. The molecule has 2 N–H and O–H groups in total. The zero-order chi connectivity index (χ0) is 12.4. The second-order valence-electron chi connectivity index (χ2n) is 4.32. The highest BCUT2D eigenvalue weighted by Crippen LogP contribution is 2.12. The van der Waals surface area contributed by atoms with Crippen LogP contribution in [-0.4, -0.2) is 38.3 Å². The zero-order valence-corrected chi connectivity index (χ0v) is 11.1. The first-order valence-corrected chi connectivity index (χ1v) is 6.08. The number of carbonyl (C=O) groups excluding carboxylic acids is 1. The summed E-state index contributed by atoms with van der Waals surface area (Å²) < 4.78 is 4.91. The van der Waals surface area contributed by atoms with Gasteiger partial charge in [0.05, 0.1) is 6.54 Å². The molecule has 96 valence electrons. The quantitative estimate of drug-likeness (QED) is 0.587. The van der Waals surface area contributed by atoms with Crippen LogP contribution in [0.15, 0.2) is 0 Å². The van der Waals surface area contributed by atoms with E-state index in [1.807, 2.05) is 0 Å². The van der Waals surface area contributed by atoms with E-state index < -0.39 is 0 Å². The van der Waals surface area contributed by atoms with E-state index in [-0.39, 0.29) is 11.4 Å². The fourth-order valence-electron chi connectivity index (χ4n) is 1.30. The summed E-state index contributed by atoms with van der Waals surface area (Å²) >= 11 is 0. The average Bonchev–Trinajstić information content (AvgIpc) is 2.31. The number of amides is 1. The third-order valence-corrected chi connectivity index (χ3v) is 3.08. The lowest BCUT2D eigenvalue weighted by Gasteiger charge is -2.28. The van der Waals surface area contributed by atoms with E-state index in [0.29, 0.717) is 19.7 Å². The Hall–Kier alpha value is -0.610. The standard InChI is InChI=1S/C12H26N2O2/c1-5-12(3,6-2)14-10-11(15)13-8-7-9-16-4/h14H,5-10H2,1-4H3,(H,13,15). The van der Waals surface area contributed by atoms with Gasteiger partial charge in [-0.1, -0.05) is 13.8 Å². The highest BCUT2D eigenvalue weighted by Gasteiger charge is 2.19. The molecule has 0 saturated heterocycles. The van der Waals surface area contributed by atoms with Crippen molar-refractivity contribution in [3.8, 4) is 0 Å². The summed E-state index contributed by atoms with van der Waals surface area (Å²) in [6.45, 7) is 8.18. The molecule has 0 rings (SSSR count). The first-order chi connectivity index (χ1) is 7.58. The van der Waals surface area contributed by atoms with Crippen molar-refractivity contribution in [2.45, 2.75) is 45.6 Å². The minimum atomic E-state index is 0.0595. The molecule has 0 aliphatic heterocycles. The van der Waals surface area contributed by atoms with Crippen LogP contribution in [0.5, 0.6) is 0 Å². The van der Waals surface area contributed by atoms with Gasteiger partial charge in [0.25, 0.3) is 0 Å². The molecule has 0 aromatic heterocycles. The van der Waals surface area contributed by atoms with Gasteiger partial charge in [0, 0.05) is 25.8 Å². The average molecular weight is 230 g/mol. The van der Waals surface area contributed by atoms with Crippen molar-refractivity contribution in [1.82, 2.24) is 10.6 Å². The fourth-order valence-corrected chi connectivity index (χ4v) is 1.30. The maximum absolute atomic E-state index is 11.5. The van der Waals surface area contributed by atoms with Crippen LogP contribution in [0.2, 0.25) is 0 Å². The van der Waals surface area contributed by atoms with Crippen LogP contribution in [0.1, 0.15) is 40.0 Å². The molecule has 0 fully saturated rings.